The van der Waals surface area contributed by atoms with Crippen molar-refractivity contribution in [1.82, 2.24) is 20.1 Å². The molecule has 0 aliphatic heterocycles. The number of nitrogens with one attached hydrogen (secondary N) is 1. The molecule has 1 amide bonds. The summed E-state index contributed by atoms with van der Waals surface area (Å²) in [5, 5.41) is 6.08. The highest BCUT2D eigenvalue weighted by Gasteiger charge is 2.34. The second-order valence-electron chi connectivity index (χ2n) is 6.65. The highest BCUT2D eigenvalue weighted by molar-refractivity contribution is 5.80. The maximum absolute atomic E-state index is 13.5. The standard InChI is InChI=1S/C20H17F5N4O/c1-12(29-7-5-18(28-29)20(23,24)25)19(30)27-17(16-4-2-3-6-26-16)10-13-8-14(21)11-15(22)9-13/h2-9,11-12,17H,10H2,1H3,(H,27,30)/t12?,17-/m0/s1. The average Bonchev–Trinajstić information content (AvgIpc) is 3.17. The molecule has 2 aromatic heterocycles. The number of nitrogens with zero attached hydrogens (tertiary/aromatic N) is 3. The van der Waals surface area contributed by atoms with Gasteiger partial charge in [0.05, 0.1) is 11.7 Å². The summed E-state index contributed by atoms with van der Waals surface area (Å²) in [6.07, 6.45) is -2.05. The molecular formula is C20H17F5N4O. The Kier molecular flexibility index (Phi) is 6.14. The van der Waals surface area contributed by atoms with Crippen LogP contribution in [0.2, 0.25) is 0 Å². The fraction of sp³-hybridized carbons (Fsp3) is 0.250. The third kappa shape index (κ3) is 5.19. The Labute approximate surface area is 168 Å². The van der Waals surface area contributed by atoms with Gasteiger partial charge in [-0.2, -0.15) is 18.3 Å². The van der Waals surface area contributed by atoms with Crippen LogP contribution in [0.15, 0.2) is 54.9 Å². The minimum atomic E-state index is -4.63. The smallest absolute Gasteiger partial charge is 0.346 e. The van der Waals surface area contributed by atoms with E-state index in [2.05, 4.69) is 15.4 Å². The molecule has 3 rings (SSSR count). The molecule has 1 aromatic carbocycles. The first-order valence-electron chi connectivity index (χ1n) is 8.92. The number of carbonyl (C=O) groups is 1. The van der Waals surface area contributed by atoms with Gasteiger partial charge in [0, 0.05) is 18.5 Å². The van der Waals surface area contributed by atoms with Crippen LogP contribution in [-0.2, 0) is 17.4 Å². The number of alkyl halides is 3. The van der Waals surface area contributed by atoms with Gasteiger partial charge < -0.3 is 5.32 Å². The van der Waals surface area contributed by atoms with E-state index >= 15 is 0 Å². The van der Waals surface area contributed by atoms with Gasteiger partial charge in [0.2, 0.25) is 5.91 Å². The number of benzene rings is 1. The lowest BCUT2D eigenvalue weighted by atomic mass is 10.0. The van der Waals surface area contributed by atoms with Crippen molar-refractivity contribution in [3.05, 3.63) is 83.4 Å². The quantitative estimate of drug-likeness (QED) is 0.603. The van der Waals surface area contributed by atoms with Crippen LogP contribution in [0.25, 0.3) is 0 Å². The molecule has 3 aromatic rings. The number of amides is 1. The summed E-state index contributed by atoms with van der Waals surface area (Å²) in [4.78, 5) is 16.8. The lowest BCUT2D eigenvalue weighted by Gasteiger charge is -2.21. The maximum Gasteiger partial charge on any atom is 0.435 e. The molecule has 0 spiro atoms. The van der Waals surface area contributed by atoms with Gasteiger partial charge in [0.15, 0.2) is 5.69 Å². The van der Waals surface area contributed by atoms with Gasteiger partial charge in [-0.3, -0.25) is 14.5 Å². The van der Waals surface area contributed by atoms with E-state index < -0.39 is 41.5 Å². The summed E-state index contributed by atoms with van der Waals surface area (Å²) in [5.41, 5.74) is -0.396. The van der Waals surface area contributed by atoms with E-state index in [0.29, 0.717) is 5.69 Å². The summed E-state index contributed by atoms with van der Waals surface area (Å²) < 4.78 is 66.3. The van der Waals surface area contributed by atoms with Crippen molar-refractivity contribution in [2.24, 2.45) is 0 Å². The van der Waals surface area contributed by atoms with Crippen LogP contribution in [-0.4, -0.2) is 20.7 Å². The molecule has 158 valence electrons. The molecule has 30 heavy (non-hydrogen) atoms. The van der Waals surface area contributed by atoms with Crippen molar-refractivity contribution in [2.75, 3.05) is 0 Å². The summed E-state index contributed by atoms with van der Waals surface area (Å²) in [7, 11) is 0. The molecule has 2 atom stereocenters. The molecule has 1 unspecified atom stereocenters. The lowest BCUT2D eigenvalue weighted by Crippen LogP contribution is -2.35. The maximum atomic E-state index is 13.5. The number of aromatic nitrogens is 3. The Bertz CT molecular complexity index is 999. The topological polar surface area (TPSA) is 59.8 Å². The first-order chi connectivity index (χ1) is 14.1. The van der Waals surface area contributed by atoms with E-state index in [-0.39, 0.29) is 12.0 Å². The molecular weight excluding hydrogens is 407 g/mol. The predicted octanol–water partition coefficient (Wildman–Crippen LogP) is 4.24. The second-order valence-corrected chi connectivity index (χ2v) is 6.65. The molecule has 0 fully saturated rings. The Morgan fingerprint density at radius 2 is 1.83 bits per heavy atom. The zero-order valence-corrected chi connectivity index (χ0v) is 15.7. The Balaban J connectivity index is 1.82. The average molecular weight is 424 g/mol. The summed E-state index contributed by atoms with van der Waals surface area (Å²) in [6.45, 7) is 1.39. The fourth-order valence-electron chi connectivity index (χ4n) is 2.89. The van der Waals surface area contributed by atoms with E-state index in [1.165, 1.54) is 13.1 Å². The Morgan fingerprint density at radius 1 is 1.13 bits per heavy atom. The predicted molar refractivity (Wildman–Crippen MR) is 97.1 cm³/mol. The van der Waals surface area contributed by atoms with Crippen molar-refractivity contribution >= 4 is 5.91 Å². The molecule has 0 saturated heterocycles. The number of hydrogen-bond acceptors (Lipinski definition) is 3. The monoisotopic (exact) mass is 424 g/mol. The van der Waals surface area contributed by atoms with Gasteiger partial charge in [0.1, 0.15) is 17.7 Å². The molecule has 10 heteroatoms. The van der Waals surface area contributed by atoms with Gasteiger partial charge in [-0.05, 0) is 49.2 Å². The highest BCUT2D eigenvalue weighted by atomic mass is 19.4. The van der Waals surface area contributed by atoms with E-state index in [4.69, 9.17) is 0 Å². The molecule has 5 nitrogen and oxygen atoms in total. The number of rotatable bonds is 6. The van der Waals surface area contributed by atoms with Crippen LogP contribution in [0.5, 0.6) is 0 Å². The summed E-state index contributed by atoms with van der Waals surface area (Å²) in [5.74, 6) is -2.15. The molecule has 0 saturated carbocycles. The molecule has 0 bridgehead atoms. The zero-order valence-electron chi connectivity index (χ0n) is 15.7. The van der Waals surface area contributed by atoms with Crippen LogP contribution in [0.4, 0.5) is 22.0 Å². The number of halogens is 5. The molecule has 0 radical (unpaired) electrons. The third-order valence-electron chi connectivity index (χ3n) is 4.40. The SMILES string of the molecule is CC(C(=O)N[C@@H](Cc1cc(F)cc(F)c1)c1ccccn1)n1ccc(C(F)(F)F)n1. The van der Waals surface area contributed by atoms with E-state index in [1.54, 1.807) is 18.2 Å². The third-order valence-corrected chi connectivity index (χ3v) is 4.40. The van der Waals surface area contributed by atoms with Crippen LogP contribution < -0.4 is 5.32 Å². The minimum absolute atomic E-state index is 0.0249. The van der Waals surface area contributed by atoms with E-state index in [1.807, 2.05) is 0 Å². The molecule has 0 aliphatic rings. The van der Waals surface area contributed by atoms with E-state index in [0.717, 1.165) is 35.1 Å². The number of hydrogen-bond donors (Lipinski definition) is 1. The number of pyridine rings is 1. The van der Waals surface area contributed by atoms with Crippen molar-refractivity contribution < 1.29 is 26.7 Å². The van der Waals surface area contributed by atoms with Crippen molar-refractivity contribution in [1.29, 1.82) is 0 Å². The highest BCUT2D eigenvalue weighted by Crippen LogP contribution is 2.28. The molecule has 1 N–H and O–H groups in total. The Morgan fingerprint density at radius 3 is 2.40 bits per heavy atom. The summed E-state index contributed by atoms with van der Waals surface area (Å²) >= 11 is 0. The van der Waals surface area contributed by atoms with Crippen molar-refractivity contribution in [2.45, 2.75) is 31.6 Å². The zero-order chi connectivity index (χ0) is 21.9. The minimum Gasteiger partial charge on any atom is -0.346 e. The van der Waals surface area contributed by atoms with Gasteiger partial charge in [-0.1, -0.05) is 6.07 Å². The first kappa shape index (κ1) is 21.4. The Hall–Kier alpha value is -3.30. The van der Waals surface area contributed by atoms with Crippen LogP contribution in [0, 0.1) is 11.6 Å². The van der Waals surface area contributed by atoms with Gasteiger partial charge in [-0.25, -0.2) is 8.78 Å². The van der Waals surface area contributed by atoms with Gasteiger partial charge in [-0.15, -0.1) is 0 Å². The van der Waals surface area contributed by atoms with Crippen LogP contribution in [0.1, 0.15) is 36.0 Å². The number of carbonyl (C=O) groups excluding carboxylic acids is 1. The molecule has 0 aliphatic carbocycles. The first-order valence-corrected chi connectivity index (χ1v) is 8.92. The summed E-state index contributed by atoms with van der Waals surface area (Å²) in [6, 6.07) is 6.92. The van der Waals surface area contributed by atoms with Crippen molar-refractivity contribution in [3.63, 3.8) is 0 Å². The van der Waals surface area contributed by atoms with Crippen molar-refractivity contribution in [3.8, 4) is 0 Å². The molecule has 2 heterocycles. The van der Waals surface area contributed by atoms with E-state index in [9.17, 15) is 26.7 Å². The van der Waals surface area contributed by atoms with Gasteiger partial charge >= 0.3 is 6.18 Å². The fourth-order valence-corrected chi connectivity index (χ4v) is 2.89. The largest absolute Gasteiger partial charge is 0.435 e. The normalized spacial score (nSPS) is 13.7. The second kappa shape index (κ2) is 8.60. The van der Waals surface area contributed by atoms with Crippen LogP contribution in [0.3, 0.4) is 0 Å². The van der Waals surface area contributed by atoms with Gasteiger partial charge in [0.25, 0.3) is 0 Å². The van der Waals surface area contributed by atoms with Crippen LogP contribution >= 0.6 is 0 Å². The lowest BCUT2D eigenvalue weighted by molar-refractivity contribution is -0.142.